The fourth-order valence-corrected chi connectivity index (χ4v) is 2.29. The first kappa shape index (κ1) is 15.5. The maximum absolute atomic E-state index is 12.5. The van der Waals surface area contributed by atoms with E-state index in [-0.39, 0.29) is 11.1 Å². The number of hydrogen-bond acceptors (Lipinski definition) is 5. The lowest BCUT2D eigenvalue weighted by Gasteiger charge is -2.10. The number of benzene rings is 1. The van der Waals surface area contributed by atoms with Gasteiger partial charge in [0, 0.05) is 11.8 Å². The van der Waals surface area contributed by atoms with Crippen LogP contribution in [-0.2, 0) is 6.18 Å². The second kappa shape index (κ2) is 6.04. The molecule has 0 spiro atoms. The van der Waals surface area contributed by atoms with Crippen molar-refractivity contribution < 1.29 is 17.7 Å². The Morgan fingerprint density at radius 1 is 1.04 bits per heavy atom. The van der Waals surface area contributed by atoms with Crippen LogP contribution in [-0.4, -0.2) is 15.1 Å². The minimum Gasteiger partial charge on any atom is -0.329 e. The van der Waals surface area contributed by atoms with E-state index >= 15 is 0 Å². The molecular formula is C15H10F3N3OS. The third-order valence-electron chi connectivity index (χ3n) is 3.11. The molecule has 0 fully saturated rings. The molecule has 0 radical (unpaired) electrons. The molecule has 3 rings (SSSR count). The van der Waals surface area contributed by atoms with Crippen molar-refractivity contribution in [3.05, 3.63) is 65.8 Å². The molecule has 0 aliphatic carbocycles. The molecule has 1 aromatic carbocycles. The van der Waals surface area contributed by atoms with Gasteiger partial charge < -0.3 is 4.52 Å². The summed E-state index contributed by atoms with van der Waals surface area (Å²) in [6, 6.07) is 12.8. The van der Waals surface area contributed by atoms with E-state index in [1.807, 2.05) is 30.3 Å². The van der Waals surface area contributed by atoms with Crippen LogP contribution in [0.5, 0.6) is 0 Å². The van der Waals surface area contributed by atoms with Gasteiger partial charge in [-0.15, -0.1) is 0 Å². The number of hydrogen-bond donors (Lipinski definition) is 1. The van der Waals surface area contributed by atoms with Crippen molar-refractivity contribution >= 4 is 12.6 Å². The molecule has 118 valence electrons. The summed E-state index contributed by atoms with van der Waals surface area (Å²) < 4.78 is 41.6. The fraction of sp³-hybridized carbons (Fsp3) is 0.133. The Labute approximate surface area is 134 Å². The van der Waals surface area contributed by atoms with E-state index in [9.17, 15) is 13.2 Å². The van der Waals surface area contributed by atoms with Gasteiger partial charge >= 0.3 is 12.1 Å². The highest BCUT2D eigenvalue weighted by Crippen LogP contribution is 2.30. The van der Waals surface area contributed by atoms with Gasteiger partial charge in [-0.3, -0.25) is 4.98 Å². The first-order chi connectivity index (χ1) is 10.9. The summed E-state index contributed by atoms with van der Waals surface area (Å²) in [6.45, 7) is 0. The van der Waals surface area contributed by atoms with Gasteiger partial charge in [0.2, 0.25) is 5.82 Å². The van der Waals surface area contributed by atoms with Crippen LogP contribution in [0.25, 0.3) is 11.4 Å². The van der Waals surface area contributed by atoms with E-state index in [2.05, 4.69) is 32.3 Å². The monoisotopic (exact) mass is 337 g/mol. The zero-order chi connectivity index (χ0) is 16.4. The van der Waals surface area contributed by atoms with Gasteiger partial charge in [0.15, 0.2) is 0 Å². The minimum atomic E-state index is -4.66. The van der Waals surface area contributed by atoms with Crippen LogP contribution in [0.2, 0.25) is 0 Å². The van der Waals surface area contributed by atoms with Crippen molar-refractivity contribution in [2.75, 3.05) is 0 Å². The molecule has 2 aromatic heterocycles. The summed E-state index contributed by atoms with van der Waals surface area (Å²) in [4.78, 5) is 7.55. The maximum atomic E-state index is 12.5. The molecule has 2 heterocycles. The van der Waals surface area contributed by atoms with Crippen molar-refractivity contribution in [1.29, 1.82) is 0 Å². The summed E-state index contributed by atoms with van der Waals surface area (Å²) in [6.07, 6.45) is -3.27. The van der Waals surface area contributed by atoms with Gasteiger partial charge in [-0.25, -0.2) is 0 Å². The lowest BCUT2D eigenvalue weighted by atomic mass is 10.1. The second-order valence-corrected chi connectivity index (χ2v) is 5.22. The van der Waals surface area contributed by atoms with E-state index in [1.165, 1.54) is 6.20 Å². The van der Waals surface area contributed by atoms with Crippen LogP contribution >= 0.6 is 12.6 Å². The topological polar surface area (TPSA) is 51.8 Å². The third kappa shape index (κ3) is 3.37. The zero-order valence-corrected chi connectivity index (χ0v) is 12.4. The Morgan fingerprint density at radius 3 is 2.35 bits per heavy atom. The van der Waals surface area contributed by atoms with Gasteiger partial charge in [-0.05, 0) is 17.7 Å². The Hall–Kier alpha value is -2.35. The number of halogens is 3. The number of thiol groups is 1. The molecule has 8 heteroatoms. The highest BCUT2D eigenvalue weighted by atomic mass is 32.1. The standard InChI is InChI=1S/C15H10F3N3OS/c16-15(17,18)14-20-13(21-22-14)10-6-7-11(19-8-10)12(23)9-4-2-1-3-5-9/h1-8,12,23H. The molecule has 0 aliphatic rings. The fourth-order valence-electron chi connectivity index (χ4n) is 1.96. The summed E-state index contributed by atoms with van der Waals surface area (Å²) >= 11 is 4.51. The molecule has 1 unspecified atom stereocenters. The van der Waals surface area contributed by atoms with Crippen molar-refractivity contribution in [3.8, 4) is 11.4 Å². The predicted molar refractivity (Wildman–Crippen MR) is 79.8 cm³/mol. The van der Waals surface area contributed by atoms with Crippen molar-refractivity contribution in [1.82, 2.24) is 15.1 Å². The van der Waals surface area contributed by atoms with Crippen molar-refractivity contribution in [2.45, 2.75) is 11.4 Å². The molecule has 1 atom stereocenters. The first-order valence-corrected chi connectivity index (χ1v) is 7.07. The normalized spacial score (nSPS) is 13.0. The summed E-state index contributed by atoms with van der Waals surface area (Å²) in [5, 5.41) is 3.09. The SMILES string of the molecule is FC(F)(F)c1nc(-c2ccc(C(S)c3ccccc3)nc2)no1. The Kier molecular flexibility index (Phi) is 4.08. The largest absolute Gasteiger partial charge is 0.471 e. The van der Waals surface area contributed by atoms with Crippen molar-refractivity contribution in [3.63, 3.8) is 0 Å². The van der Waals surface area contributed by atoms with E-state index < -0.39 is 12.1 Å². The molecule has 0 saturated carbocycles. The molecule has 0 aliphatic heterocycles. The number of pyridine rings is 1. The Balaban J connectivity index is 1.84. The molecule has 0 N–H and O–H groups in total. The highest BCUT2D eigenvalue weighted by Gasteiger charge is 2.38. The zero-order valence-electron chi connectivity index (χ0n) is 11.5. The van der Waals surface area contributed by atoms with Gasteiger partial charge in [-0.2, -0.15) is 30.8 Å². The number of nitrogens with zero attached hydrogens (tertiary/aromatic N) is 3. The van der Waals surface area contributed by atoms with E-state index in [4.69, 9.17) is 0 Å². The third-order valence-corrected chi connectivity index (χ3v) is 3.67. The summed E-state index contributed by atoms with van der Waals surface area (Å²) in [5.41, 5.74) is 1.97. The van der Waals surface area contributed by atoms with Crippen LogP contribution in [0.3, 0.4) is 0 Å². The minimum absolute atomic E-state index is 0.160. The maximum Gasteiger partial charge on any atom is 0.471 e. The highest BCUT2D eigenvalue weighted by molar-refractivity contribution is 7.80. The van der Waals surface area contributed by atoms with E-state index in [0.717, 1.165) is 5.56 Å². The quantitative estimate of drug-likeness (QED) is 0.729. The number of aromatic nitrogens is 3. The molecule has 23 heavy (non-hydrogen) atoms. The molecule has 4 nitrogen and oxygen atoms in total. The van der Waals surface area contributed by atoms with Crippen LogP contribution in [0.4, 0.5) is 13.2 Å². The lowest BCUT2D eigenvalue weighted by molar-refractivity contribution is -0.159. The van der Waals surface area contributed by atoms with Gasteiger partial charge in [0.25, 0.3) is 0 Å². The Morgan fingerprint density at radius 2 is 1.78 bits per heavy atom. The van der Waals surface area contributed by atoms with Crippen LogP contribution in [0.15, 0.2) is 53.2 Å². The van der Waals surface area contributed by atoms with Crippen LogP contribution < -0.4 is 0 Å². The molecule has 3 aromatic rings. The number of rotatable bonds is 3. The molecule has 0 bridgehead atoms. The molecule has 0 saturated heterocycles. The molecule has 0 amide bonds. The smallest absolute Gasteiger partial charge is 0.329 e. The number of alkyl halides is 3. The van der Waals surface area contributed by atoms with Crippen LogP contribution in [0.1, 0.15) is 22.4 Å². The van der Waals surface area contributed by atoms with E-state index in [0.29, 0.717) is 11.3 Å². The van der Waals surface area contributed by atoms with Gasteiger partial charge in [0.05, 0.1) is 10.9 Å². The second-order valence-electron chi connectivity index (χ2n) is 4.71. The molecular weight excluding hydrogens is 327 g/mol. The Bertz CT molecular complexity index is 788. The average Bonchev–Trinajstić information content (AvgIpc) is 3.05. The van der Waals surface area contributed by atoms with Gasteiger partial charge in [0.1, 0.15) is 0 Å². The average molecular weight is 337 g/mol. The van der Waals surface area contributed by atoms with E-state index in [1.54, 1.807) is 12.1 Å². The lowest BCUT2D eigenvalue weighted by Crippen LogP contribution is -2.04. The predicted octanol–water partition coefficient (Wildman–Crippen LogP) is 4.17. The van der Waals surface area contributed by atoms with Gasteiger partial charge in [-0.1, -0.05) is 35.5 Å². The summed E-state index contributed by atoms with van der Waals surface area (Å²) in [7, 11) is 0. The van der Waals surface area contributed by atoms with Crippen LogP contribution in [0, 0.1) is 0 Å². The van der Waals surface area contributed by atoms with Crippen molar-refractivity contribution in [2.24, 2.45) is 0 Å². The summed E-state index contributed by atoms with van der Waals surface area (Å²) in [5.74, 6) is -1.54. The first-order valence-electron chi connectivity index (χ1n) is 6.55.